The van der Waals surface area contributed by atoms with E-state index in [9.17, 15) is 22.8 Å². The average Bonchev–Trinajstić information content (AvgIpc) is 3.21. The maximum atomic E-state index is 13.0. The summed E-state index contributed by atoms with van der Waals surface area (Å²) in [5.41, 5.74) is -1.19. The third kappa shape index (κ3) is 5.47. The summed E-state index contributed by atoms with van der Waals surface area (Å²) in [4.78, 5) is 26.3. The van der Waals surface area contributed by atoms with E-state index < -0.39 is 35.1 Å². The summed E-state index contributed by atoms with van der Waals surface area (Å²) >= 11 is 5.58. The molecule has 0 atom stereocenters. The van der Waals surface area contributed by atoms with Crippen LogP contribution < -0.4 is 5.32 Å². The number of carbonyl (C=O) groups excluding carboxylic acids is 2. The van der Waals surface area contributed by atoms with Crippen LogP contribution in [0.25, 0.3) is 0 Å². The number of nitrogens with zero attached hydrogens (tertiary/aromatic N) is 1. The molecule has 0 saturated heterocycles. The standard InChI is InChI=1S/C19H16ClF3N2O5/c20-15-4-3-12(8-14(15)19(21,22)23)24-17(26)10-25(9-13-2-1-5-29-13)18(27)16-11-28-6-7-30-16/h1-5,8,11H,6-7,9-10H2,(H,24,26). The SMILES string of the molecule is O=C(CN(Cc1ccco1)C(=O)C1=COCCO1)Nc1ccc(Cl)c(C(F)(F)F)c1. The number of benzene rings is 1. The maximum absolute atomic E-state index is 13.0. The van der Waals surface area contributed by atoms with Gasteiger partial charge in [-0.25, -0.2) is 0 Å². The second-order valence-electron chi connectivity index (χ2n) is 6.18. The molecule has 0 spiro atoms. The first kappa shape index (κ1) is 21.6. The van der Waals surface area contributed by atoms with Crippen LogP contribution in [0.4, 0.5) is 18.9 Å². The van der Waals surface area contributed by atoms with E-state index in [0.717, 1.165) is 23.3 Å². The Morgan fingerprint density at radius 3 is 2.63 bits per heavy atom. The minimum Gasteiger partial charge on any atom is -0.494 e. The van der Waals surface area contributed by atoms with Crippen LogP contribution in [0.3, 0.4) is 0 Å². The highest BCUT2D eigenvalue weighted by molar-refractivity contribution is 6.31. The molecule has 2 amide bonds. The third-order valence-corrected chi connectivity index (χ3v) is 4.29. The molecule has 0 unspecified atom stereocenters. The smallest absolute Gasteiger partial charge is 0.417 e. The van der Waals surface area contributed by atoms with Crippen LogP contribution in [0, 0.1) is 0 Å². The van der Waals surface area contributed by atoms with Crippen molar-refractivity contribution in [1.29, 1.82) is 0 Å². The van der Waals surface area contributed by atoms with Crippen molar-refractivity contribution < 1.29 is 36.7 Å². The molecule has 0 saturated carbocycles. The van der Waals surface area contributed by atoms with Gasteiger partial charge in [0, 0.05) is 5.69 Å². The van der Waals surface area contributed by atoms with E-state index >= 15 is 0 Å². The normalized spacial score (nSPS) is 13.7. The fourth-order valence-corrected chi connectivity index (χ4v) is 2.85. The number of halogens is 4. The fraction of sp³-hybridized carbons (Fsp3) is 0.263. The number of carbonyl (C=O) groups is 2. The molecule has 160 valence electrons. The van der Waals surface area contributed by atoms with Gasteiger partial charge in [-0.1, -0.05) is 11.6 Å². The van der Waals surface area contributed by atoms with Gasteiger partial charge in [0.1, 0.15) is 31.8 Å². The number of nitrogens with one attached hydrogen (secondary N) is 1. The Morgan fingerprint density at radius 2 is 2.00 bits per heavy atom. The molecular weight excluding hydrogens is 429 g/mol. The van der Waals surface area contributed by atoms with Gasteiger partial charge in [-0.05, 0) is 30.3 Å². The molecule has 0 aliphatic carbocycles. The van der Waals surface area contributed by atoms with Gasteiger partial charge in [-0.15, -0.1) is 0 Å². The molecule has 11 heteroatoms. The number of rotatable bonds is 6. The van der Waals surface area contributed by atoms with Gasteiger partial charge in [0.15, 0.2) is 0 Å². The van der Waals surface area contributed by atoms with Gasteiger partial charge in [0.05, 0.1) is 23.4 Å². The quantitative estimate of drug-likeness (QED) is 0.733. The second kappa shape index (κ2) is 9.12. The Morgan fingerprint density at radius 1 is 1.20 bits per heavy atom. The molecule has 3 rings (SSSR count). The highest BCUT2D eigenvalue weighted by Crippen LogP contribution is 2.36. The van der Waals surface area contributed by atoms with Gasteiger partial charge >= 0.3 is 6.18 Å². The zero-order chi connectivity index (χ0) is 21.7. The predicted octanol–water partition coefficient (Wildman–Crippen LogP) is 3.81. The lowest BCUT2D eigenvalue weighted by Gasteiger charge is -2.24. The summed E-state index contributed by atoms with van der Waals surface area (Å²) in [7, 11) is 0. The molecule has 30 heavy (non-hydrogen) atoms. The highest BCUT2D eigenvalue weighted by atomic mass is 35.5. The number of anilines is 1. The Bertz CT molecular complexity index is 944. The van der Waals surface area contributed by atoms with Crippen molar-refractivity contribution in [1.82, 2.24) is 4.90 Å². The number of hydrogen-bond acceptors (Lipinski definition) is 5. The number of ether oxygens (including phenoxy) is 2. The average molecular weight is 445 g/mol. The molecule has 1 aliphatic rings. The van der Waals surface area contributed by atoms with Gasteiger partial charge in [0.2, 0.25) is 11.7 Å². The van der Waals surface area contributed by atoms with Crippen molar-refractivity contribution in [3.63, 3.8) is 0 Å². The first-order chi connectivity index (χ1) is 14.2. The minimum absolute atomic E-state index is 0.0611. The largest absolute Gasteiger partial charge is 0.494 e. The first-order valence-electron chi connectivity index (χ1n) is 8.67. The lowest BCUT2D eigenvalue weighted by molar-refractivity contribution is -0.137. The van der Waals surface area contributed by atoms with E-state index in [1.165, 1.54) is 12.3 Å². The molecule has 0 bridgehead atoms. The van der Waals surface area contributed by atoms with Crippen LogP contribution in [0.2, 0.25) is 5.02 Å². The topological polar surface area (TPSA) is 81.0 Å². The molecule has 2 aromatic rings. The molecule has 7 nitrogen and oxygen atoms in total. The van der Waals surface area contributed by atoms with Crippen LogP contribution in [0.5, 0.6) is 0 Å². The van der Waals surface area contributed by atoms with Crippen molar-refractivity contribution >= 4 is 29.1 Å². The van der Waals surface area contributed by atoms with Gasteiger partial charge < -0.3 is 24.1 Å². The number of amides is 2. The zero-order valence-electron chi connectivity index (χ0n) is 15.4. The van der Waals surface area contributed by atoms with E-state index in [1.807, 2.05) is 0 Å². The van der Waals surface area contributed by atoms with E-state index in [2.05, 4.69) is 5.32 Å². The highest BCUT2D eigenvalue weighted by Gasteiger charge is 2.33. The summed E-state index contributed by atoms with van der Waals surface area (Å²) in [5.74, 6) is -1.04. The lowest BCUT2D eigenvalue weighted by atomic mass is 10.2. The minimum atomic E-state index is -4.68. The van der Waals surface area contributed by atoms with Crippen molar-refractivity contribution in [2.75, 3.05) is 25.1 Å². The first-order valence-corrected chi connectivity index (χ1v) is 9.04. The third-order valence-electron chi connectivity index (χ3n) is 3.96. The molecule has 0 fully saturated rings. The molecule has 1 N–H and O–H groups in total. The molecule has 1 aromatic heterocycles. The van der Waals surface area contributed by atoms with Crippen molar-refractivity contribution in [3.05, 3.63) is 65.0 Å². The molecule has 0 radical (unpaired) electrons. The lowest BCUT2D eigenvalue weighted by Crippen LogP contribution is -2.39. The van der Waals surface area contributed by atoms with Crippen LogP contribution in [-0.2, 0) is 31.8 Å². The van der Waals surface area contributed by atoms with Crippen molar-refractivity contribution in [2.45, 2.75) is 12.7 Å². The Kier molecular flexibility index (Phi) is 6.56. The van der Waals surface area contributed by atoms with Crippen LogP contribution in [0.1, 0.15) is 11.3 Å². The van der Waals surface area contributed by atoms with Crippen LogP contribution in [-0.4, -0.2) is 36.5 Å². The molecule has 1 aliphatic heterocycles. The van der Waals surface area contributed by atoms with Gasteiger partial charge in [-0.2, -0.15) is 13.2 Å². The Balaban J connectivity index is 1.74. The maximum Gasteiger partial charge on any atom is 0.417 e. The summed E-state index contributed by atoms with van der Waals surface area (Å²) in [6.45, 7) is -0.0739. The Hall–Kier alpha value is -3.14. The summed E-state index contributed by atoms with van der Waals surface area (Å²) in [6.07, 6.45) is -2.12. The van der Waals surface area contributed by atoms with E-state index in [1.54, 1.807) is 12.1 Å². The number of furan rings is 1. The summed E-state index contributed by atoms with van der Waals surface area (Å²) in [5, 5.41) is 1.85. The number of hydrogen-bond donors (Lipinski definition) is 1. The van der Waals surface area contributed by atoms with Crippen LogP contribution >= 0.6 is 11.6 Å². The second-order valence-corrected chi connectivity index (χ2v) is 6.59. The fourth-order valence-electron chi connectivity index (χ4n) is 2.62. The monoisotopic (exact) mass is 444 g/mol. The molecule has 1 aromatic carbocycles. The zero-order valence-corrected chi connectivity index (χ0v) is 16.1. The van der Waals surface area contributed by atoms with Gasteiger partial charge in [-0.3, -0.25) is 9.59 Å². The van der Waals surface area contributed by atoms with Crippen molar-refractivity contribution in [3.8, 4) is 0 Å². The molecular formula is C19H16ClF3N2O5. The summed E-state index contributed by atoms with van der Waals surface area (Å²) in [6, 6.07) is 6.21. The van der Waals surface area contributed by atoms with E-state index in [0.29, 0.717) is 5.76 Å². The summed E-state index contributed by atoms with van der Waals surface area (Å²) < 4.78 is 54.5. The van der Waals surface area contributed by atoms with Crippen LogP contribution in [0.15, 0.2) is 53.0 Å². The van der Waals surface area contributed by atoms with Crippen molar-refractivity contribution in [2.24, 2.45) is 0 Å². The number of alkyl halides is 3. The van der Waals surface area contributed by atoms with E-state index in [4.69, 9.17) is 25.5 Å². The van der Waals surface area contributed by atoms with E-state index in [-0.39, 0.29) is 31.2 Å². The Labute approximate surface area is 174 Å². The van der Waals surface area contributed by atoms with Gasteiger partial charge in [0.25, 0.3) is 5.91 Å². The molecule has 2 heterocycles. The predicted molar refractivity (Wildman–Crippen MR) is 99.2 cm³/mol.